The number of unbranched alkanes of at least 4 members (excludes halogenated alkanes) is 26. The summed E-state index contributed by atoms with van der Waals surface area (Å²) < 4.78 is 68.3. The van der Waals surface area contributed by atoms with Gasteiger partial charge in [0, 0.05) is 25.7 Å². The molecular weight excluding hydrogens is 1230 g/mol. The molecule has 19 heteroatoms. The third-order valence-electron chi connectivity index (χ3n) is 15.0. The van der Waals surface area contributed by atoms with Gasteiger partial charge in [-0.3, -0.25) is 37.3 Å². The van der Waals surface area contributed by atoms with Crippen molar-refractivity contribution in [2.75, 3.05) is 39.6 Å². The van der Waals surface area contributed by atoms with E-state index in [4.69, 9.17) is 37.0 Å². The van der Waals surface area contributed by atoms with Crippen LogP contribution in [0.1, 0.15) is 297 Å². The summed E-state index contributed by atoms with van der Waals surface area (Å²) in [6, 6.07) is 0. The number of carbonyl (C=O) groups excluding carboxylic acids is 4. The summed E-state index contributed by atoms with van der Waals surface area (Å²) in [5.74, 6) is -2.23. The topological polar surface area (TPSA) is 237 Å². The fraction of sp³-hybridized carbons (Fsp3) is 0.733. The Labute approximate surface area is 569 Å². The molecule has 0 spiro atoms. The van der Waals surface area contributed by atoms with E-state index >= 15 is 0 Å². The summed E-state index contributed by atoms with van der Waals surface area (Å²) >= 11 is 0. The second-order valence-electron chi connectivity index (χ2n) is 24.1. The second kappa shape index (κ2) is 67.5. The Kier molecular flexibility index (Phi) is 64.7. The lowest BCUT2D eigenvalue weighted by molar-refractivity contribution is -0.161. The summed E-state index contributed by atoms with van der Waals surface area (Å²) in [6.07, 6.45) is 68.4. The van der Waals surface area contributed by atoms with Crippen LogP contribution in [-0.4, -0.2) is 96.7 Å². The third kappa shape index (κ3) is 66.6. The molecular formula is C75H130O17P2. The Morgan fingerprint density at radius 1 is 0.309 bits per heavy atom. The fourth-order valence-electron chi connectivity index (χ4n) is 9.46. The van der Waals surface area contributed by atoms with Gasteiger partial charge >= 0.3 is 39.5 Å². The van der Waals surface area contributed by atoms with Crippen molar-refractivity contribution in [3.05, 3.63) is 97.2 Å². The molecule has 0 saturated carbocycles. The van der Waals surface area contributed by atoms with Crippen molar-refractivity contribution in [1.82, 2.24) is 0 Å². The number of ether oxygens (including phenoxy) is 4. The molecule has 0 radical (unpaired) electrons. The average Bonchev–Trinajstić information content (AvgIpc) is 1.35. The van der Waals surface area contributed by atoms with Gasteiger partial charge in [-0.15, -0.1) is 0 Å². The van der Waals surface area contributed by atoms with Gasteiger partial charge in [-0.1, -0.05) is 234 Å². The van der Waals surface area contributed by atoms with Crippen LogP contribution in [0.5, 0.6) is 0 Å². The maximum Gasteiger partial charge on any atom is 0.472 e. The quantitative estimate of drug-likeness (QED) is 0.0169. The standard InChI is InChI=1S/C75H130O17P2/c1-5-9-13-17-21-25-29-32-34-37-40-43-47-51-55-59-72(77)85-65-70(91-74(79)61-57-53-49-45-39-28-24-20-16-12-8-4)67-89-93(81,82)87-63-69(76)64-88-94(83,84)90-68-71(92-75(80)62-58-54-50-46-42-36-31-27-23-19-15-11-7-3)66-86-73(78)60-56-52-48-44-41-38-35-33-30-26-22-18-14-10-6-2/h9-10,13-14,20-22,24-27,31-35,69-71,76H,5-8,11-12,15-19,23,28-30,36-68H2,1-4H3,(H,81,82)(H,83,84)/b13-9-,14-10-,24-20-,25-21-,26-22-,31-27-,34-32-,35-33-. The normalized spacial score (nSPS) is 14.6. The molecule has 0 heterocycles. The highest BCUT2D eigenvalue weighted by molar-refractivity contribution is 7.47. The molecule has 0 bridgehead atoms. The molecule has 0 aliphatic rings. The van der Waals surface area contributed by atoms with Crippen LogP contribution in [0, 0.1) is 0 Å². The molecule has 5 unspecified atom stereocenters. The average molecular weight is 1370 g/mol. The lowest BCUT2D eigenvalue weighted by Crippen LogP contribution is -2.30. The van der Waals surface area contributed by atoms with E-state index in [0.29, 0.717) is 25.7 Å². The third-order valence-corrected chi connectivity index (χ3v) is 16.9. The number of phosphoric ester groups is 2. The molecule has 0 aromatic rings. The van der Waals surface area contributed by atoms with Crippen molar-refractivity contribution in [1.29, 1.82) is 0 Å². The van der Waals surface area contributed by atoms with Crippen LogP contribution in [0.25, 0.3) is 0 Å². The molecule has 0 rings (SSSR count). The van der Waals surface area contributed by atoms with Crippen LogP contribution in [0.2, 0.25) is 0 Å². The van der Waals surface area contributed by atoms with Crippen LogP contribution in [0.15, 0.2) is 97.2 Å². The number of allylic oxidation sites excluding steroid dienone is 16. The van der Waals surface area contributed by atoms with E-state index in [1.165, 1.54) is 38.5 Å². The number of phosphoric acid groups is 2. The molecule has 3 N–H and O–H groups in total. The van der Waals surface area contributed by atoms with Gasteiger partial charge < -0.3 is 33.8 Å². The summed E-state index contributed by atoms with van der Waals surface area (Å²) in [6.45, 7) is 4.53. The zero-order valence-corrected chi connectivity index (χ0v) is 60.7. The fourth-order valence-corrected chi connectivity index (χ4v) is 11.0. The Hall–Kier alpha value is -4.02. The molecule has 0 aromatic heterocycles. The van der Waals surface area contributed by atoms with Crippen molar-refractivity contribution in [3.63, 3.8) is 0 Å². The van der Waals surface area contributed by atoms with Crippen molar-refractivity contribution in [2.45, 2.75) is 316 Å². The zero-order valence-electron chi connectivity index (χ0n) is 58.9. The first-order chi connectivity index (χ1) is 45.7. The maximum atomic E-state index is 13.0. The van der Waals surface area contributed by atoms with E-state index in [-0.39, 0.29) is 25.7 Å². The van der Waals surface area contributed by atoms with Crippen LogP contribution in [0.3, 0.4) is 0 Å². The molecule has 17 nitrogen and oxygen atoms in total. The zero-order chi connectivity index (χ0) is 69.0. The molecule has 0 amide bonds. The second-order valence-corrected chi connectivity index (χ2v) is 27.0. The van der Waals surface area contributed by atoms with E-state index in [0.717, 1.165) is 180 Å². The van der Waals surface area contributed by atoms with Gasteiger partial charge in [-0.2, -0.15) is 0 Å². The molecule has 94 heavy (non-hydrogen) atoms. The Bertz CT molecular complexity index is 2170. The Morgan fingerprint density at radius 2 is 0.564 bits per heavy atom. The Morgan fingerprint density at radius 3 is 0.894 bits per heavy atom. The molecule has 0 fully saturated rings. The summed E-state index contributed by atoms with van der Waals surface area (Å²) in [7, 11) is -9.95. The summed E-state index contributed by atoms with van der Waals surface area (Å²) in [5, 5.41) is 10.6. The minimum atomic E-state index is -4.97. The van der Waals surface area contributed by atoms with Gasteiger partial charge in [-0.05, 0) is 135 Å². The number of hydrogen-bond acceptors (Lipinski definition) is 15. The number of carbonyl (C=O) groups is 4. The smallest absolute Gasteiger partial charge is 0.462 e. The van der Waals surface area contributed by atoms with Crippen LogP contribution >= 0.6 is 15.6 Å². The van der Waals surface area contributed by atoms with Gasteiger partial charge in [0.25, 0.3) is 0 Å². The van der Waals surface area contributed by atoms with Gasteiger partial charge in [0.15, 0.2) is 12.2 Å². The number of aliphatic hydroxyl groups excluding tert-OH is 1. The molecule has 0 aromatic carbocycles. The highest BCUT2D eigenvalue weighted by Crippen LogP contribution is 2.45. The lowest BCUT2D eigenvalue weighted by Gasteiger charge is -2.21. The molecule has 0 aliphatic heterocycles. The predicted molar refractivity (Wildman–Crippen MR) is 381 cm³/mol. The molecule has 5 atom stereocenters. The number of rotatable bonds is 68. The van der Waals surface area contributed by atoms with Crippen molar-refractivity contribution >= 4 is 39.5 Å². The minimum Gasteiger partial charge on any atom is -0.462 e. The number of aliphatic hydroxyl groups is 1. The highest BCUT2D eigenvalue weighted by atomic mass is 31.2. The maximum absolute atomic E-state index is 13.0. The van der Waals surface area contributed by atoms with Crippen LogP contribution < -0.4 is 0 Å². The van der Waals surface area contributed by atoms with Gasteiger partial charge in [0.1, 0.15) is 19.3 Å². The van der Waals surface area contributed by atoms with E-state index in [1.54, 1.807) is 0 Å². The monoisotopic (exact) mass is 1360 g/mol. The van der Waals surface area contributed by atoms with Crippen molar-refractivity contribution in [3.8, 4) is 0 Å². The number of hydrogen-bond donors (Lipinski definition) is 3. The van der Waals surface area contributed by atoms with E-state index in [9.17, 15) is 43.2 Å². The Balaban J connectivity index is 5.34. The molecule has 542 valence electrons. The first-order valence-corrected chi connectivity index (χ1v) is 39.5. The highest BCUT2D eigenvalue weighted by Gasteiger charge is 2.30. The van der Waals surface area contributed by atoms with Crippen LogP contribution in [-0.2, 0) is 65.4 Å². The molecule has 0 aliphatic carbocycles. The van der Waals surface area contributed by atoms with E-state index in [2.05, 4.69) is 125 Å². The minimum absolute atomic E-state index is 0.0801. The van der Waals surface area contributed by atoms with Crippen molar-refractivity contribution in [2.24, 2.45) is 0 Å². The van der Waals surface area contributed by atoms with Crippen LogP contribution in [0.4, 0.5) is 0 Å². The predicted octanol–water partition coefficient (Wildman–Crippen LogP) is 20.4. The van der Waals surface area contributed by atoms with E-state index in [1.807, 2.05) is 0 Å². The summed E-state index contributed by atoms with van der Waals surface area (Å²) in [4.78, 5) is 72.6. The van der Waals surface area contributed by atoms with Gasteiger partial charge in [-0.25, -0.2) is 9.13 Å². The largest absolute Gasteiger partial charge is 0.472 e. The van der Waals surface area contributed by atoms with Crippen molar-refractivity contribution < 1.29 is 80.2 Å². The number of esters is 4. The molecule has 0 saturated heterocycles. The van der Waals surface area contributed by atoms with E-state index < -0.39 is 97.5 Å². The first-order valence-electron chi connectivity index (χ1n) is 36.5. The van der Waals surface area contributed by atoms with Gasteiger partial charge in [0.05, 0.1) is 26.4 Å². The summed E-state index contributed by atoms with van der Waals surface area (Å²) in [5.41, 5.74) is 0. The first kappa shape index (κ1) is 90.0. The SMILES string of the molecule is CC/C=C\C/C=C\C/C=C\CCCCCCCC(=O)OCC(COP(=O)(O)OCC(O)COP(=O)(O)OCC(COC(=O)CCCCCCC/C=C\C/C=C\C/C=C\CC)OC(=O)CCCCCCC/C=C\CCCCCC)OC(=O)CCCCCCC/C=C\CCCC. The van der Waals surface area contributed by atoms with Gasteiger partial charge in [0.2, 0.25) is 0 Å². The lowest BCUT2D eigenvalue weighted by atomic mass is 10.1.